The van der Waals surface area contributed by atoms with Crippen molar-refractivity contribution in [3.63, 3.8) is 0 Å². The quantitative estimate of drug-likeness (QED) is 0.906. The van der Waals surface area contributed by atoms with E-state index in [-0.39, 0.29) is 0 Å². The van der Waals surface area contributed by atoms with E-state index in [1.807, 2.05) is 13.0 Å². The lowest BCUT2D eigenvalue weighted by Gasteiger charge is -2.07. The van der Waals surface area contributed by atoms with Gasteiger partial charge >= 0.3 is 0 Å². The molecular formula is C16H21N3S. The number of thiazole rings is 1. The van der Waals surface area contributed by atoms with Crippen LogP contribution in [0.2, 0.25) is 0 Å². The van der Waals surface area contributed by atoms with Crippen LogP contribution in [0.4, 0.5) is 0 Å². The first-order chi connectivity index (χ1) is 9.63. The summed E-state index contributed by atoms with van der Waals surface area (Å²) in [4.78, 5) is 10.9. The Labute approximate surface area is 124 Å². The molecule has 1 aliphatic carbocycles. The van der Waals surface area contributed by atoms with Gasteiger partial charge in [-0.15, -0.1) is 11.3 Å². The van der Waals surface area contributed by atoms with Crippen LogP contribution in [0.5, 0.6) is 0 Å². The van der Waals surface area contributed by atoms with Gasteiger partial charge in [-0.1, -0.05) is 19.9 Å². The molecule has 2 heterocycles. The molecule has 2 aromatic rings. The van der Waals surface area contributed by atoms with Gasteiger partial charge in [0.1, 0.15) is 5.01 Å². The molecule has 3 nitrogen and oxygen atoms in total. The van der Waals surface area contributed by atoms with Gasteiger partial charge in [0.2, 0.25) is 0 Å². The zero-order chi connectivity index (χ0) is 14.1. The van der Waals surface area contributed by atoms with Crippen molar-refractivity contribution in [2.45, 2.75) is 52.1 Å². The third kappa shape index (κ3) is 3.07. The van der Waals surface area contributed by atoms with E-state index in [1.165, 1.54) is 23.4 Å². The molecule has 1 saturated carbocycles. The van der Waals surface area contributed by atoms with E-state index in [1.54, 1.807) is 11.3 Å². The van der Waals surface area contributed by atoms with Crippen LogP contribution < -0.4 is 5.32 Å². The second-order valence-electron chi connectivity index (χ2n) is 5.80. The predicted molar refractivity (Wildman–Crippen MR) is 84.0 cm³/mol. The van der Waals surface area contributed by atoms with E-state index in [9.17, 15) is 0 Å². The molecule has 2 aromatic heterocycles. The van der Waals surface area contributed by atoms with Gasteiger partial charge in [-0.2, -0.15) is 0 Å². The second kappa shape index (κ2) is 5.62. The van der Waals surface area contributed by atoms with Crippen molar-refractivity contribution in [1.82, 2.24) is 15.3 Å². The Bertz CT molecular complexity index is 600. The maximum atomic E-state index is 4.88. The van der Waals surface area contributed by atoms with E-state index >= 15 is 0 Å². The molecule has 0 atom stereocenters. The average Bonchev–Trinajstić information content (AvgIpc) is 3.16. The Hall–Kier alpha value is -1.26. The third-order valence-corrected chi connectivity index (χ3v) is 4.56. The fraction of sp³-hybridized carbons (Fsp3) is 0.500. The molecule has 0 unspecified atom stereocenters. The summed E-state index contributed by atoms with van der Waals surface area (Å²) in [5.74, 6) is 0.689. The highest BCUT2D eigenvalue weighted by Gasteiger charge is 2.29. The van der Waals surface area contributed by atoms with Crippen LogP contribution in [0.3, 0.4) is 0 Å². The number of hydrogen-bond acceptors (Lipinski definition) is 4. The maximum Gasteiger partial charge on any atom is 0.142 e. The van der Waals surface area contributed by atoms with Crippen molar-refractivity contribution in [1.29, 1.82) is 0 Å². The highest BCUT2D eigenvalue weighted by atomic mass is 32.1. The summed E-state index contributed by atoms with van der Waals surface area (Å²) >= 11 is 1.80. The first-order valence-corrected chi connectivity index (χ1v) is 8.12. The minimum Gasteiger partial charge on any atom is -0.310 e. The largest absolute Gasteiger partial charge is 0.310 e. The van der Waals surface area contributed by atoms with Gasteiger partial charge < -0.3 is 5.32 Å². The first-order valence-electron chi connectivity index (χ1n) is 7.30. The van der Waals surface area contributed by atoms with Crippen LogP contribution in [-0.2, 0) is 6.54 Å². The van der Waals surface area contributed by atoms with Crippen molar-refractivity contribution >= 4 is 11.3 Å². The number of nitrogens with one attached hydrogen (secondary N) is 1. The standard InChI is InChI=1S/C16H21N3S/c1-10(2)17-9-14-15(12-7-8-12)19-16(20-14)13-6-4-5-11(3)18-13/h4-6,10,12,17H,7-9H2,1-3H3. The molecule has 0 saturated heterocycles. The summed E-state index contributed by atoms with van der Waals surface area (Å²) in [5.41, 5.74) is 3.36. The van der Waals surface area contributed by atoms with Crippen molar-refractivity contribution in [2.75, 3.05) is 0 Å². The first kappa shape index (κ1) is 13.7. The van der Waals surface area contributed by atoms with E-state index in [4.69, 9.17) is 4.98 Å². The molecule has 20 heavy (non-hydrogen) atoms. The Morgan fingerprint density at radius 3 is 2.75 bits per heavy atom. The van der Waals surface area contributed by atoms with E-state index < -0.39 is 0 Å². The second-order valence-corrected chi connectivity index (χ2v) is 6.89. The Morgan fingerprint density at radius 1 is 1.30 bits per heavy atom. The van der Waals surface area contributed by atoms with Crippen LogP contribution >= 0.6 is 11.3 Å². The number of rotatable bonds is 5. The SMILES string of the molecule is Cc1cccc(-c2nc(C3CC3)c(CNC(C)C)s2)n1. The molecule has 0 radical (unpaired) electrons. The molecule has 1 aliphatic rings. The molecule has 0 aromatic carbocycles. The Balaban J connectivity index is 1.90. The fourth-order valence-corrected chi connectivity index (χ4v) is 3.30. The molecule has 3 rings (SSSR count). The zero-order valence-electron chi connectivity index (χ0n) is 12.3. The lowest BCUT2D eigenvalue weighted by Crippen LogP contribution is -2.21. The van der Waals surface area contributed by atoms with Crippen molar-refractivity contribution in [2.24, 2.45) is 0 Å². The van der Waals surface area contributed by atoms with Crippen LogP contribution in [0.1, 0.15) is 48.9 Å². The Morgan fingerprint density at radius 2 is 2.10 bits per heavy atom. The van der Waals surface area contributed by atoms with Crippen molar-refractivity contribution in [3.05, 3.63) is 34.5 Å². The number of aryl methyl sites for hydroxylation is 1. The minimum atomic E-state index is 0.504. The summed E-state index contributed by atoms with van der Waals surface area (Å²) in [6, 6.07) is 6.65. The minimum absolute atomic E-state index is 0.504. The summed E-state index contributed by atoms with van der Waals surface area (Å²) in [6.45, 7) is 7.31. The number of nitrogens with zero attached hydrogens (tertiary/aromatic N) is 2. The lowest BCUT2D eigenvalue weighted by atomic mass is 10.2. The monoisotopic (exact) mass is 287 g/mol. The van der Waals surface area contributed by atoms with Gasteiger partial charge in [-0.3, -0.25) is 4.98 Å². The molecule has 4 heteroatoms. The van der Waals surface area contributed by atoms with Crippen molar-refractivity contribution in [3.8, 4) is 10.7 Å². The molecule has 106 valence electrons. The topological polar surface area (TPSA) is 37.8 Å². The van der Waals surface area contributed by atoms with Crippen LogP contribution in [0.15, 0.2) is 18.2 Å². The lowest BCUT2D eigenvalue weighted by molar-refractivity contribution is 0.590. The molecule has 1 fully saturated rings. The van der Waals surface area contributed by atoms with E-state index in [0.29, 0.717) is 12.0 Å². The van der Waals surface area contributed by atoms with Gasteiger partial charge in [0.15, 0.2) is 0 Å². The summed E-state index contributed by atoms with van der Waals surface area (Å²) in [5, 5.41) is 4.58. The summed E-state index contributed by atoms with van der Waals surface area (Å²) < 4.78 is 0. The number of hydrogen-bond donors (Lipinski definition) is 1. The molecular weight excluding hydrogens is 266 g/mol. The maximum absolute atomic E-state index is 4.88. The van der Waals surface area contributed by atoms with Gasteiger partial charge in [-0.25, -0.2) is 4.98 Å². The van der Waals surface area contributed by atoms with Crippen LogP contribution in [0, 0.1) is 6.92 Å². The highest BCUT2D eigenvalue weighted by molar-refractivity contribution is 7.15. The third-order valence-electron chi connectivity index (χ3n) is 3.47. The fourth-order valence-electron chi connectivity index (χ4n) is 2.23. The highest BCUT2D eigenvalue weighted by Crippen LogP contribution is 2.44. The number of pyridine rings is 1. The van der Waals surface area contributed by atoms with Gasteiger partial charge in [0, 0.05) is 29.1 Å². The van der Waals surface area contributed by atoms with Gasteiger partial charge in [-0.05, 0) is 31.9 Å². The molecule has 1 N–H and O–H groups in total. The van der Waals surface area contributed by atoms with Crippen LogP contribution in [-0.4, -0.2) is 16.0 Å². The average molecular weight is 287 g/mol. The smallest absolute Gasteiger partial charge is 0.142 e. The summed E-state index contributed by atoms with van der Waals surface area (Å²) in [7, 11) is 0. The van der Waals surface area contributed by atoms with Crippen LogP contribution in [0.25, 0.3) is 10.7 Å². The number of aromatic nitrogens is 2. The normalized spacial score (nSPS) is 15.0. The van der Waals surface area contributed by atoms with Crippen molar-refractivity contribution < 1.29 is 0 Å². The molecule has 0 spiro atoms. The van der Waals surface area contributed by atoms with Gasteiger partial charge in [0.25, 0.3) is 0 Å². The molecule has 0 bridgehead atoms. The van der Waals surface area contributed by atoms with E-state index in [0.717, 1.165) is 22.9 Å². The van der Waals surface area contributed by atoms with Gasteiger partial charge in [0.05, 0.1) is 11.4 Å². The summed E-state index contributed by atoms with van der Waals surface area (Å²) in [6.07, 6.45) is 2.58. The molecule has 0 amide bonds. The molecule has 0 aliphatic heterocycles. The Kier molecular flexibility index (Phi) is 3.85. The predicted octanol–water partition coefficient (Wildman–Crippen LogP) is 3.89. The zero-order valence-corrected chi connectivity index (χ0v) is 13.1. The van der Waals surface area contributed by atoms with E-state index in [2.05, 4.69) is 36.3 Å².